The normalized spacial score (nSPS) is 11.0. The van der Waals surface area contributed by atoms with E-state index in [0.29, 0.717) is 64.3 Å². The molecule has 0 bridgehead atoms. The molecule has 2 N–H and O–H groups in total. The first-order valence-electron chi connectivity index (χ1n) is 9.64. The third-order valence-electron chi connectivity index (χ3n) is 3.46. The standard InChI is InChI=1S/C19H32N2O8/c1-16(2)20-18-4-3-17(21(23)24)15-19(18)29-14-13-28-12-11-27-10-9-26-8-7-25-6-5-22/h3-4,15-16,20,22H,5-14H2,1-2H3. The van der Waals surface area contributed by atoms with Gasteiger partial charge in [-0.15, -0.1) is 0 Å². The van der Waals surface area contributed by atoms with E-state index in [1.54, 1.807) is 6.07 Å². The monoisotopic (exact) mass is 416 g/mol. The van der Waals surface area contributed by atoms with Crippen LogP contribution in [-0.2, 0) is 18.9 Å². The van der Waals surface area contributed by atoms with Gasteiger partial charge in [0.05, 0.1) is 76.1 Å². The molecule has 0 unspecified atom stereocenters. The number of nitro groups is 1. The Bertz CT molecular complexity index is 571. The number of benzene rings is 1. The predicted octanol–water partition coefficient (Wildman–Crippen LogP) is 1.85. The second-order valence-corrected chi connectivity index (χ2v) is 6.26. The molecule has 0 amide bonds. The lowest BCUT2D eigenvalue weighted by molar-refractivity contribution is -0.384. The zero-order valence-corrected chi connectivity index (χ0v) is 17.1. The molecular weight excluding hydrogens is 384 g/mol. The Hall–Kier alpha value is -1.98. The molecule has 0 saturated heterocycles. The van der Waals surface area contributed by atoms with Crippen molar-refractivity contribution in [2.24, 2.45) is 0 Å². The van der Waals surface area contributed by atoms with Crippen molar-refractivity contribution in [1.29, 1.82) is 0 Å². The maximum Gasteiger partial charge on any atom is 0.273 e. The molecule has 0 spiro atoms. The minimum Gasteiger partial charge on any atom is -0.489 e. The average Bonchev–Trinajstić information content (AvgIpc) is 2.68. The van der Waals surface area contributed by atoms with E-state index in [0.717, 1.165) is 0 Å². The lowest BCUT2D eigenvalue weighted by Gasteiger charge is -2.15. The highest BCUT2D eigenvalue weighted by Gasteiger charge is 2.12. The Morgan fingerprint density at radius 1 is 0.931 bits per heavy atom. The van der Waals surface area contributed by atoms with Crippen LogP contribution in [0.4, 0.5) is 11.4 Å². The van der Waals surface area contributed by atoms with E-state index in [2.05, 4.69) is 5.32 Å². The second kappa shape index (κ2) is 15.9. The minimum atomic E-state index is -0.453. The van der Waals surface area contributed by atoms with Crippen LogP contribution < -0.4 is 10.1 Å². The number of nitrogens with zero attached hydrogens (tertiary/aromatic N) is 1. The van der Waals surface area contributed by atoms with Gasteiger partial charge in [0, 0.05) is 12.1 Å². The van der Waals surface area contributed by atoms with Crippen molar-refractivity contribution < 1.29 is 33.7 Å². The van der Waals surface area contributed by atoms with Crippen LogP contribution in [0, 0.1) is 10.1 Å². The topological polar surface area (TPSA) is 122 Å². The average molecular weight is 416 g/mol. The van der Waals surface area contributed by atoms with Crippen molar-refractivity contribution in [3.63, 3.8) is 0 Å². The largest absolute Gasteiger partial charge is 0.489 e. The number of rotatable bonds is 18. The summed E-state index contributed by atoms with van der Waals surface area (Å²) in [4.78, 5) is 10.5. The number of aliphatic hydroxyl groups excluding tert-OH is 1. The van der Waals surface area contributed by atoms with Crippen molar-refractivity contribution in [2.45, 2.75) is 19.9 Å². The van der Waals surface area contributed by atoms with Crippen LogP contribution in [0.3, 0.4) is 0 Å². The van der Waals surface area contributed by atoms with Gasteiger partial charge in [0.1, 0.15) is 12.4 Å². The number of aliphatic hydroxyl groups is 1. The van der Waals surface area contributed by atoms with Gasteiger partial charge in [0.15, 0.2) is 0 Å². The van der Waals surface area contributed by atoms with Crippen molar-refractivity contribution in [1.82, 2.24) is 0 Å². The summed E-state index contributed by atoms with van der Waals surface area (Å²) in [6.45, 7) is 7.56. The summed E-state index contributed by atoms with van der Waals surface area (Å²) in [7, 11) is 0. The van der Waals surface area contributed by atoms with Crippen molar-refractivity contribution >= 4 is 11.4 Å². The van der Waals surface area contributed by atoms with Gasteiger partial charge in [-0.1, -0.05) is 0 Å². The fourth-order valence-electron chi connectivity index (χ4n) is 2.21. The summed E-state index contributed by atoms with van der Waals surface area (Å²) in [6, 6.07) is 4.66. The molecule has 0 aliphatic carbocycles. The van der Waals surface area contributed by atoms with Crippen LogP contribution in [0.25, 0.3) is 0 Å². The number of anilines is 1. The summed E-state index contributed by atoms with van der Waals surface area (Å²) in [5.41, 5.74) is 0.682. The molecule has 1 aromatic rings. The molecule has 1 rings (SSSR count). The fourth-order valence-corrected chi connectivity index (χ4v) is 2.21. The summed E-state index contributed by atoms with van der Waals surface area (Å²) < 4.78 is 26.8. The number of hydrogen-bond donors (Lipinski definition) is 2. The molecule has 0 fully saturated rings. The van der Waals surface area contributed by atoms with Crippen LogP contribution >= 0.6 is 0 Å². The number of hydrogen-bond acceptors (Lipinski definition) is 9. The lowest BCUT2D eigenvalue weighted by Crippen LogP contribution is -2.15. The van der Waals surface area contributed by atoms with E-state index < -0.39 is 4.92 Å². The zero-order valence-electron chi connectivity index (χ0n) is 17.1. The van der Waals surface area contributed by atoms with Crippen LogP contribution in [0.5, 0.6) is 5.75 Å². The molecular formula is C19H32N2O8. The maximum absolute atomic E-state index is 11.0. The Labute approximate surface area is 171 Å². The molecule has 0 radical (unpaired) electrons. The fraction of sp³-hybridized carbons (Fsp3) is 0.684. The summed E-state index contributed by atoms with van der Waals surface area (Å²) in [6.07, 6.45) is 0. The van der Waals surface area contributed by atoms with Crippen LogP contribution in [0.15, 0.2) is 18.2 Å². The number of ether oxygens (including phenoxy) is 5. The minimum absolute atomic E-state index is 0.00934. The van der Waals surface area contributed by atoms with Crippen molar-refractivity contribution in [3.05, 3.63) is 28.3 Å². The van der Waals surface area contributed by atoms with E-state index in [9.17, 15) is 10.1 Å². The molecule has 166 valence electrons. The Balaban J connectivity index is 2.12. The third-order valence-corrected chi connectivity index (χ3v) is 3.46. The second-order valence-electron chi connectivity index (χ2n) is 6.26. The molecule has 0 aliphatic heterocycles. The Morgan fingerprint density at radius 2 is 1.45 bits per heavy atom. The highest BCUT2D eigenvalue weighted by atomic mass is 16.6. The quantitative estimate of drug-likeness (QED) is 0.210. The van der Waals surface area contributed by atoms with E-state index in [4.69, 9.17) is 28.8 Å². The molecule has 29 heavy (non-hydrogen) atoms. The van der Waals surface area contributed by atoms with Crippen LogP contribution in [0.1, 0.15) is 13.8 Å². The van der Waals surface area contributed by atoms with Gasteiger partial charge in [0.2, 0.25) is 0 Å². The first-order chi connectivity index (χ1) is 14.0. The highest BCUT2D eigenvalue weighted by molar-refractivity contribution is 5.61. The first-order valence-corrected chi connectivity index (χ1v) is 9.64. The van der Waals surface area contributed by atoms with E-state index in [-0.39, 0.29) is 24.9 Å². The SMILES string of the molecule is CC(C)Nc1ccc([N+](=O)[O-])cc1OCCOCCOCCOCCOCCO. The van der Waals surface area contributed by atoms with Gasteiger partial charge >= 0.3 is 0 Å². The highest BCUT2D eigenvalue weighted by Crippen LogP contribution is 2.29. The van der Waals surface area contributed by atoms with Gasteiger partial charge in [0.25, 0.3) is 5.69 Å². The van der Waals surface area contributed by atoms with Gasteiger partial charge < -0.3 is 34.1 Å². The van der Waals surface area contributed by atoms with E-state index in [1.165, 1.54) is 12.1 Å². The molecule has 0 saturated carbocycles. The zero-order chi connectivity index (χ0) is 21.3. The van der Waals surface area contributed by atoms with Crippen molar-refractivity contribution in [2.75, 3.05) is 71.4 Å². The van der Waals surface area contributed by atoms with Gasteiger partial charge in [-0.25, -0.2) is 0 Å². The van der Waals surface area contributed by atoms with Crippen molar-refractivity contribution in [3.8, 4) is 5.75 Å². The maximum atomic E-state index is 11.0. The molecule has 0 aliphatic rings. The molecule has 0 aromatic heterocycles. The number of non-ortho nitro benzene ring substituents is 1. The summed E-state index contributed by atoms with van der Waals surface area (Å²) >= 11 is 0. The van der Waals surface area contributed by atoms with Gasteiger partial charge in [-0.3, -0.25) is 10.1 Å². The number of nitro benzene ring substituents is 1. The Morgan fingerprint density at radius 3 is 1.93 bits per heavy atom. The summed E-state index contributed by atoms with van der Waals surface area (Å²) in [5.74, 6) is 0.424. The molecule has 0 heterocycles. The van der Waals surface area contributed by atoms with Gasteiger partial charge in [-0.2, -0.15) is 0 Å². The molecule has 10 nitrogen and oxygen atoms in total. The third kappa shape index (κ3) is 12.2. The van der Waals surface area contributed by atoms with Gasteiger partial charge in [-0.05, 0) is 19.9 Å². The van der Waals surface area contributed by atoms with E-state index in [1.807, 2.05) is 13.8 Å². The molecule has 0 atom stereocenters. The molecule has 1 aromatic carbocycles. The first kappa shape index (κ1) is 25.1. The molecule has 10 heteroatoms. The Kier molecular flexibility index (Phi) is 13.7. The number of nitrogens with one attached hydrogen (secondary N) is 1. The predicted molar refractivity (Wildman–Crippen MR) is 108 cm³/mol. The van der Waals surface area contributed by atoms with E-state index >= 15 is 0 Å². The van der Waals surface area contributed by atoms with Crippen LogP contribution in [0.2, 0.25) is 0 Å². The lowest BCUT2D eigenvalue weighted by atomic mass is 10.2. The van der Waals surface area contributed by atoms with Crippen LogP contribution in [-0.4, -0.2) is 82.1 Å². The summed E-state index contributed by atoms with van der Waals surface area (Å²) in [5, 5.41) is 22.7. The smallest absolute Gasteiger partial charge is 0.273 e.